The molecule has 5 nitrogen and oxygen atoms in total. The fourth-order valence-corrected chi connectivity index (χ4v) is 3.26. The summed E-state index contributed by atoms with van der Waals surface area (Å²) in [5.41, 5.74) is 0. The van der Waals surface area contributed by atoms with E-state index in [2.05, 4.69) is 21.6 Å². The molecule has 1 aromatic heterocycles. The summed E-state index contributed by atoms with van der Waals surface area (Å²) in [4.78, 5) is 6.31. The van der Waals surface area contributed by atoms with Crippen LogP contribution in [0.3, 0.4) is 0 Å². The van der Waals surface area contributed by atoms with Crippen LogP contribution in [0.1, 0.15) is 26.2 Å². The van der Waals surface area contributed by atoms with Gasteiger partial charge in [-0.15, -0.1) is 0 Å². The second-order valence-electron chi connectivity index (χ2n) is 4.05. The Kier molecular flexibility index (Phi) is 2.79. The molecule has 1 aliphatic carbocycles. The number of nitrogens with one attached hydrogen (secondary N) is 2. The fourth-order valence-electron chi connectivity index (χ4n) is 1.97. The predicted octanol–water partition coefficient (Wildman–Crippen LogP) is 0.877. The Bertz CT molecular complexity index is 413. The van der Waals surface area contributed by atoms with Gasteiger partial charge < -0.3 is 4.98 Å². The van der Waals surface area contributed by atoms with Crippen LogP contribution < -0.4 is 4.72 Å². The van der Waals surface area contributed by atoms with E-state index in [0.29, 0.717) is 5.92 Å². The van der Waals surface area contributed by atoms with Gasteiger partial charge in [-0.1, -0.05) is 13.3 Å². The number of nitrogens with zero attached hydrogens (tertiary/aromatic N) is 1. The van der Waals surface area contributed by atoms with E-state index in [-0.39, 0.29) is 11.1 Å². The Hall–Kier alpha value is -0.880. The number of rotatable bonds is 3. The molecule has 0 bridgehead atoms. The molecular formula is C9H15N3O2S. The van der Waals surface area contributed by atoms with Crippen LogP contribution in [0.2, 0.25) is 0 Å². The first kappa shape index (κ1) is 10.6. The van der Waals surface area contributed by atoms with Gasteiger partial charge in [0.1, 0.15) is 0 Å². The standard InChI is InChI=1S/C9H15N3O2S/c1-7-3-2-4-8(7)12-15(13,14)9-5-10-6-11-9/h5-8,12H,2-4H2,1H3,(H,10,11). The lowest BCUT2D eigenvalue weighted by molar-refractivity contribution is 0.475. The summed E-state index contributed by atoms with van der Waals surface area (Å²) in [5, 5.41) is 0.140. The maximum atomic E-state index is 11.8. The van der Waals surface area contributed by atoms with E-state index in [4.69, 9.17) is 0 Å². The number of hydrogen-bond donors (Lipinski definition) is 2. The Labute approximate surface area is 89.4 Å². The van der Waals surface area contributed by atoms with Crippen molar-refractivity contribution in [2.24, 2.45) is 5.92 Å². The highest BCUT2D eigenvalue weighted by Gasteiger charge is 2.28. The summed E-state index contributed by atoms with van der Waals surface area (Å²) in [6, 6.07) is 0.0679. The van der Waals surface area contributed by atoms with Gasteiger partial charge in [-0.3, -0.25) is 0 Å². The maximum absolute atomic E-state index is 11.8. The monoisotopic (exact) mass is 229 g/mol. The van der Waals surface area contributed by atoms with Crippen LogP contribution in [0.25, 0.3) is 0 Å². The molecule has 0 aromatic carbocycles. The van der Waals surface area contributed by atoms with Crippen LogP contribution in [0, 0.1) is 5.92 Å². The van der Waals surface area contributed by atoms with Gasteiger partial charge in [0.15, 0.2) is 5.03 Å². The van der Waals surface area contributed by atoms with E-state index in [1.54, 1.807) is 0 Å². The minimum atomic E-state index is -3.40. The lowest BCUT2D eigenvalue weighted by Gasteiger charge is -2.16. The number of aromatic nitrogens is 2. The van der Waals surface area contributed by atoms with Crippen molar-refractivity contribution in [3.63, 3.8) is 0 Å². The number of H-pyrrole nitrogens is 1. The van der Waals surface area contributed by atoms with E-state index in [9.17, 15) is 8.42 Å². The number of sulfonamides is 1. The molecule has 1 aromatic rings. The molecule has 15 heavy (non-hydrogen) atoms. The van der Waals surface area contributed by atoms with E-state index < -0.39 is 10.0 Å². The fraction of sp³-hybridized carbons (Fsp3) is 0.667. The highest BCUT2D eigenvalue weighted by Crippen LogP contribution is 2.25. The van der Waals surface area contributed by atoms with Crippen LogP contribution >= 0.6 is 0 Å². The van der Waals surface area contributed by atoms with Crippen molar-refractivity contribution >= 4 is 10.0 Å². The zero-order chi connectivity index (χ0) is 10.9. The molecule has 0 spiro atoms. The maximum Gasteiger partial charge on any atom is 0.257 e. The minimum absolute atomic E-state index is 0.0679. The van der Waals surface area contributed by atoms with Gasteiger partial charge in [0, 0.05) is 6.04 Å². The molecule has 2 N–H and O–H groups in total. The van der Waals surface area contributed by atoms with Crippen molar-refractivity contribution < 1.29 is 8.42 Å². The highest BCUT2D eigenvalue weighted by molar-refractivity contribution is 7.89. The Morgan fingerprint density at radius 2 is 2.33 bits per heavy atom. The van der Waals surface area contributed by atoms with Gasteiger partial charge in [0.05, 0.1) is 12.5 Å². The van der Waals surface area contributed by atoms with E-state index in [1.165, 1.54) is 12.5 Å². The number of hydrogen-bond acceptors (Lipinski definition) is 3. The average Bonchev–Trinajstić information content (AvgIpc) is 2.77. The van der Waals surface area contributed by atoms with Crippen molar-refractivity contribution in [1.82, 2.24) is 14.7 Å². The van der Waals surface area contributed by atoms with Crippen LogP contribution in [0.15, 0.2) is 17.6 Å². The van der Waals surface area contributed by atoms with Crippen molar-refractivity contribution in [2.75, 3.05) is 0 Å². The first-order valence-corrected chi connectivity index (χ1v) is 6.58. The normalized spacial score (nSPS) is 27.0. The minimum Gasteiger partial charge on any atom is -0.335 e. The number of imidazole rings is 1. The van der Waals surface area contributed by atoms with Crippen molar-refractivity contribution in [1.29, 1.82) is 0 Å². The average molecular weight is 229 g/mol. The number of aromatic amines is 1. The van der Waals surface area contributed by atoms with E-state index in [0.717, 1.165) is 19.3 Å². The molecule has 0 saturated heterocycles. The SMILES string of the molecule is CC1CCCC1NS(=O)(=O)c1cnc[nH]1. The lowest BCUT2D eigenvalue weighted by atomic mass is 10.1. The summed E-state index contributed by atoms with van der Waals surface area (Å²) in [6.45, 7) is 2.08. The Balaban J connectivity index is 2.11. The first-order chi connectivity index (χ1) is 7.09. The van der Waals surface area contributed by atoms with E-state index >= 15 is 0 Å². The second kappa shape index (κ2) is 3.94. The molecule has 1 fully saturated rings. The van der Waals surface area contributed by atoms with Gasteiger partial charge in [-0.05, 0) is 18.8 Å². The first-order valence-electron chi connectivity index (χ1n) is 5.10. The van der Waals surface area contributed by atoms with Crippen LogP contribution in [-0.4, -0.2) is 24.4 Å². The van der Waals surface area contributed by atoms with Crippen LogP contribution in [-0.2, 0) is 10.0 Å². The van der Waals surface area contributed by atoms with Crippen LogP contribution in [0.4, 0.5) is 0 Å². The van der Waals surface area contributed by atoms with E-state index in [1.807, 2.05) is 0 Å². The van der Waals surface area contributed by atoms with Crippen molar-refractivity contribution in [3.8, 4) is 0 Å². The molecule has 1 saturated carbocycles. The summed E-state index contributed by atoms with van der Waals surface area (Å²) >= 11 is 0. The topological polar surface area (TPSA) is 74.8 Å². The van der Waals surface area contributed by atoms with Crippen LogP contribution in [0.5, 0.6) is 0 Å². The molecule has 2 rings (SSSR count). The summed E-state index contributed by atoms with van der Waals surface area (Å²) < 4.78 is 26.3. The molecule has 6 heteroatoms. The molecular weight excluding hydrogens is 214 g/mol. The zero-order valence-electron chi connectivity index (χ0n) is 8.60. The molecule has 0 aliphatic heterocycles. The van der Waals surface area contributed by atoms with Crippen molar-refractivity contribution in [2.45, 2.75) is 37.3 Å². The molecule has 2 atom stereocenters. The molecule has 84 valence electrons. The van der Waals surface area contributed by atoms with Gasteiger partial charge in [-0.2, -0.15) is 0 Å². The van der Waals surface area contributed by atoms with Gasteiger partial charge in [0.2, 0.25) is 0 Å². The Morgan fingerprint density at radius 1 is 1.53 bits per heavy atom. The largest absolute Gasteiger partial charge is 0.335 e. The molecule has 0 radical (unpaired) electrons. The van der Waals surface area contributed by atoms with Crippen molar-refractivity contribution in [3.05, 3.63) is 12.5 Å². The molecule has 2 unspecified atom stereocenters. The summed E-state index contributed by atoms with van der Waals surface area (Å²) in [6.07, 6.45) is 5.80. The third kappa shape index (κ3) is 2.21. The Morgan fingerprint density at radius 3 is 2.87 bits per heavy atom. The molecule has 0 amide bonds. The lowest BCUT2D eigenvalue weighted by Crippen LogP contribution is -2.36. The summed E-state index contributed by atoms with van der Waals surface area (Å²) in [7, 11) is -3.40. The second-order valence-corrected chi connectivity index (χ2v) is 5.73. The predicted molar refractivity (Wildman–Crippen MR) is 55.7 cm³/mol. The molecule has 1 heterocycles. The van der Waals surface area contributed by atoms with Gasteiger partial charge >= 0.3 is 0 Å². The van der Waals surface area contributed by atoms with Gasteiger partial charge in [-0.25, -0.2) is 18.1 Å². The smallest absolute Gasteiger partial charge is 0.257 e. The molecule has 1 aliphatic rings. The van der Waals surface area contributed by atoms with Gasteiger partial charge in [0.25, 0.3) is 10.0 Å². The third-order valence-electron chi connectivity index (χ3n) is 2.93. The summed E-state index contributed by atoms with van der Waals surface area (Å²) in [5.74, 6) is 0.419. The quantitative estimate of drug-likeness (QED) is 0.807. The zero-order valence-corrected chi connectivity index (χ0v) is 9.42. The highest BCUT2D eigenvalue weighted by atomic mass is 32.2. The third-order valence-corrected chi connectivity index (χ3v) is 4.35.